The van der Waals surface area contributed by atoms with Gasteiger partial charge in [0.25, 0.3) is 0 Å². The van der Waals surface area contributed by atoms with Gasteiger partial charge in [0.2, 0.25) is 0 Å². The molecule has 0 saturated carbocycles. The number of fused-ring (bicyclic) bond motifs is 3. The van der Waals surface area contributed by atoms with E-state index in [2.05, 4.69) is 18.2 Å². The van der Waals surface area contributed by atoms with E-state index in [1.165, 1.54) is 0 Å². The van der Waals surface area contributed by atoms with Crippen LogP contribution >= 0.6 is 11.6 Å². The molecule has 1 aliphatic heterocycles. The van der Waals surface area contributed by atoms with E-state index < -0.39 is 0 Å². The second kappa shape index (κ2) is 5.75. The number of rotatable bonds is 2. The number of hydrogen-bond donors (Lipinski definition) is 0. The second-order valence-corrected chi connectivity index (χ2v) is 6.85. The molecule has 1 aromatic heterocycles. The normalized spacial score (nSPS) is 16.3. The largest absolute Gasteiger partial charge is 0.334 e. The number of para-hydroxylation sites is 1. The summed E-state index contributed by atoms with van der Waals surface area (Å²) in [6, 6.07) is 27.4. The zero-order valence-electron chi connectivity index (χ0n) is 13.8. The van der Waals surface area contributed by atoms with Crippen LogP contribution in [0.15, 0.2) is 84.9 Å². The van der Waals surface area contributed by atoms with Gasteiger partial charge in [-0.25, -0.2) is 4.79 Å². The number of carbonyl (C=O) groups is 1. The van der Waals surface area contributed by atoms with Gasteiger partial charge in [-0.05, 0) is 42.0 Å². The average Bonchev–Trinajstić information content (AvgIpc) is 3.17. The van der Waals surface area contributed by atoms with Crippen LogP contribution in [-0.4, -0.2) is 10.6 Å². The van der Waals surface area contributed by atoms with Gasteiger partial charge in [0.05, 0.1) is 11.2 Å². The Labute approximate surface area is 156 Å². The molecule has 126 valence electrons. The maximum Gasteiger partial charge on any atom is 0.334 e. The van der Waals surface area contributed by atoms with E-state index in [0.29, 0.717) is 5.02 Å². The molecule has 0 radical (unpaired) electrons. The first kappa shape index (κ1) is 15.2. The van der Waals surface area contributed by atoms with Crippen LogP contribution in [0.3, 0.4) is 0 Å². The molecule has 4 heteroatoms. The summed E-state index contributed by atoms with van der Waals surface area (Å²) in [7, 11) is 0. The quantitative estimate of drug-likeness (QED) is 0.439. The molecule has 3 nitrogen and oxygen atoms in total. The van der Waals surface area contributed by atoms with Crippen LogP contribution in [0.1, 0.15) is 17.3 Å². The highest BCUT2D eigenvalue weighted by Gasteiger charge is 2.40. The predicted molar refractivity (Wildman–Crippen MR) is 105 cm³/mol. The smallest absolute Gasteiger partial charge is 0.281 e. The summed E-state index contributed by atoms with van der Waals surface area (Å²) in [5.74, 6) is 0. The molecular weight excluding hydrogens is 344 g/mol. The minimum atomic E-state index is -0.169. The van der Waals surface area contributed by atoms with E-state index in [9.17, 15) is 4.79 Å². The maximum absolute atomic E-state index is 13.4. The highest BCUT2D eigenvalue weighted by atomic mass is 35.5. The minimum Gasteiger partial charge on any atom is -0.281 e. The Kier molecular flexibility index (Phi) is 3.37. The molecule has 1 amide bonds. The highest BCUT2D eigenvalue weighted by Crippen LogP contribution is 2.42. The van der Waals surface area contributed by atoms with Crippen molar-refractivity contribution < 1.29 is 4.79 Å². The molecule has 5 rings (SSSR count). The summed E-state index contributed by atoms with van der Waals surface area (Å²) >= 11 is 6.15. The molecule has 26 heavy (non-hydrogen) atoms. The third-order valence-electron chi connectivity index (χ3n) is 4.88. The lowest BCUT2D eigenvalue weighted by Gasteiger charge is -2.24. The first-order chi connectivity index (χ1) is 12.7. The van der Waals surface area contributed by atoms with Crippen LogP contribution in [-0.2, 0) is 0 Å². The molecule has 1 unspecified atom stereocenters. The molecular formula is C22H15ClN2O. The van der Waals surface area contributed by atoms with E-state index in [4.69, 9.17) is 11.6 Å². The number of hydrogen-bond acceptors (Lipinski definition) is 1. The summed E-state index contributed by atoms with van der Waals surface area (Å²) in [5, 5.41) is 1.65. The van der Waals surface area contributed by atoms with Crippen molar-refractivity contribution in [3.05, 3.63) is 101 Å². The fraction of sp³-hybridized carbons (Fsp3) is 0.0455. The van der Waals surface area contributed by atoms with E-state index in [0.717, 1.165) is 27.8 Å². The Morgan fingerprint density at radius 2 is 1.50 bits per heavy atom. The molecule has 4 aromatic rings. The number of benzene rings is 3. The molecule has 0 aliphatic carbocycles. The molecule has 0 bridgehead atoms. The molecule has 0 fully saturated rings. The topological polar surface area (TPSA) is 25.2 Å². The SMILES string of the molecule is O=C1N(c2ccccc2)C(c2ccccc2)c2cc3cc(Cl)ccc3n21. The van der Waals surface area contributed by atoms with E-state index >= 15 is 0 Å². The van der Waals surface area contributed by atoms with Crippen molar-refractivity contribution in [3.63, 3.8) is 0 Å². The third-order valence-corrected chi connectivity index (χ3v) is 5.11. The fourth-order valence-corrected chi connectivity index (χ4v) is 3.96. The van der Waals surface area contributed by atoms with Crippen molar-refractivity contribution >= 4 is 34.2 Å². The molecule has 1 aliphatic rings. The Morgan fingerprint density at radius 1 is 0.808 bits per heavy atom. The van der Waals surface area contributed by atoms with Crippen molar-refractivity contribution in [3.8, 4) is 0 Å². The first-order valence-electron chi connectivity index (χ1n) is 8.48. The van der Waals surface area contributed by atoms with Gasteiger partial charge in [0.15, 0.2) is 0 Å². The summed E-state index contributed by atoms with van der Waals surface area (Å²) in [5.41, 5.74) is 3.81. The maximum atomic E-state index is 13.4. The number of halogens is 1. The summed E-state index contributed by atoms with van der Waals surface area (Å²) in [4.78, 5) is 15.3. The van der Waals surface area contributed by atoms with Gasteiger partial charge in [-0.15, -0.1) is 0 Å². The molecule has 3 aromatic carbocycles. The first-order valence-corrected chi connectivity index (χ1v) is 8.86. The summed E-state index contributed by atoms with van der Waals surface area (Å²) in [6.45, 7) is 0. The lowest BCUT2D eigenvalue weighted by Crippen LogP contribution is -2.29. The van der Waals surface area contributed by atoms with Gasteiger partial charge in [0.1, 0.15) is 6.04 Å². The zero-order chi connectivity index (χ0) is 17.7. The van der Waals surface area contributed by atoms with E-state index in [1.807, 2.05) is 71.6 Å². The van der Waals surface area contributed by atoms with Gasteiger partial charge in [-0.1, -0.05) is 60.1 Å². The number of amides is 1. The summed E-state index contributed by atoms with van der Waals surface area (Å²) < 4.78 is 1.80. The second-order valence-electron chi connectivity index (χ2n) is 6.41. The van der Waals surface area contributed by atoms with Crippen molar-refractivity contribution in [1.29, 1.82) is 0 Å². The van der Waals surface area contributed by atoms with Crippen LogP contribution in [0.25, 0.3) is 10.9 Å². The standard InChI is InChI=1S/C22H15ClN2O/c23-17-11-12-19-16(13-17)14-20-21(15-7-3-1-4-8-15)24(22(26)25(19)20)18-9-5-2-6-10-18/h1-14,21H. The molecule has 0 saturated heterocycles. The van der Waals surface area contributed by atoms with Gasteiger partial charge in [-0.2, -0.15) is 0 Å². The van der Waals surface area contributed by atoms with Crippen LogP contribution < -0.4 is 4.90 Å². The molecule has 0 spiro atoms. The lowest BCUT2D eigenvalue weighted by molar-refractivity contribution is 0.251. The molecule has 1 atom stereocenters. The van der Waals surface area contributed by atoms with Crippen molar-refractivity contribution in [1.82, 2.24) is 4.57 Å². The highest BCUT2D eigenvalue weighted by molar-refractivity contribution is 6.31. The number of aromatic nitrogens is 1. The Hall–Kier alpha value is -3.04. The van der Waals surface area contributed by atoms with Gasteiger partial charge in [-0.3, -0.25) is 9.47 Å². The zero-order valence-corrected chi connectivity index (χ0v) is 14.6. The summed E-state index contributed by atoms with van der Waals surface area (Å²) in [6.07, 6.45) is 0. The van der Waals surface area contributed by atoms with Crippen LogP contribution in [0.4, 0.5) is 10.5 Å². The Bertz CT molecular complexity index is 1120. The Morgan fingerprint density at radius 3 is 2.23 bits per heavy atom. The van der Waals surface area contributed by atoms with Crippen molar-refractivity contribution in [2.45, 2.75) is 6.04 Å². The average molecular weight is 359 g/mol. The fourth-order valence-electron chi connectivity index (χ4n) is 3.78. The Balaban J connectivity index is 1.78. The monoisotopic (exact) mass is 358 g/mol. The minimum absolute atomic E-state index is 0.0441. The van der Waals surface area contributed by atoms with Gasteiger partial charge < -0.3 is 0 Å². The van der Waals surface area contributed by atoms with Crippen LogP contribution in [0.5, 0.6) is 0 Å². The van der Waals surface area contributed by atoms with Crippen molar-refractivity contribution in [2.24, 2.45) is 0 Å². The third kappa shape index (κ3) is 2.18. The van der Waals surface area contributed by atoms with Gasteiger partial charge >= 0.3 is 6.03 Å². The number of anilines is 1. The predicted octanol–water partition coefficient (Wildman–Crippen LogP) is 5.87. The van der Waals surface area contributed by atoms with Crippen LogP contribution in [0, 0.1) is 0 Å². The molecule has 0 N–H and O–H groups in total. The van der Waals surface area contributed by atoms with Crippen molar-refractivity contribution in [2.75, 3.05) is 4.90 Å². The van der Waals surface area contributed by atoms with E-state index in [-0.39, 0.29) is 12.1 Å². The van der Waals surface area contributed by atoms with E-state index in [1.54, 1.807) is 4.57 Å². The van der Waals surface area contributed by atoms with Gasteiger partial charge in [0, 0.05) is 16.1 Å². The van der Waals surface area contributed by atoms with Crippen LogP contribution in [0.2, 0.25) is 5.02 Å². The number of carbonyl (C=O) groups excluding carboxylic acids is 1. The number of nitrogens with zero attached hydrogens (tertiary/aromatic N) is 2. The molecule has 2 heterocycles. The lowest BCUT2D eigenvalue weighted by atomic mass is 10.0.